The van der Waals surface area contributed by atoms with E-state index in [2.05, 4.69) is 15.5 Å². The van der Waals surface area contributed by atoms with Crippen molar-refractivity contribution in [3.8, 4) is 0 Å². The second kappa shape index (κ2) is 4.14. The van der Waals surface area contributed by atoms with Gasteiger partial charge in [0, 0.05) is 29.6 Å². The molecule has 2 rings (SSSR count). The van der Waals surface area contributed by atoms with Gasteiger partial charge in [-0.2, -0.15) is 5.10 Å². The summed E-state index contributed by atoms with van der Waals surface area (Å²) < 4.78 is 0. The summed E-state index contributed by atoms with van der Waals surface area (Å²) in [6.45, 7) is 4.96. The first kappa shape index (κ1) is 11.0. The molecule has 86 valence electrons. The predicted octanol–water partition coefficient (Wildman–Crippen LogP) is 1.99. The molecular weight excluding hydrogens is 202 g/mol. The van der Waals surface area contributed by atoms with Gasteiger partial charge in [-0.15, -0.1) is 0 Å². The van der Waals surface area contributed by atoms with Gasteiger partial charge in [-0.05, 0) is 18.2 Å². The molecule has 4 heteroatoms. The van der Waals surface area contributed by atoms with Gasteiger partial charge in [0.2, 0.25) is 0 Å². The lowest BCUT2D eigenvalue weighted by Crippen LogP contribution is -2.26. The lowest BCUT2D eigenvalue weighted by Gasteiger charge is -2.22. The number of aliphatic hydroxyl groups excluding tert-OH is 1. The number of nitrogens with zero attached hydrogens (tertiary/aromatic N) is 1. The van der Waals surface area contributed by atoms with Gasteiger partial charge < -0.3 is 10.4 Å². The highest BCUT2D eigenvalue weighted by atomic mass is 16.3. The lowest BCUT2D eigenvalue weighted by atomic mass is 9.95. The molecule has 0 aliphatic rings. The van der Waals surface area contributed by atoms with Crippen LogP contribution < -0.4 is 5.32 Å². The third-order valence-electron chi connectivity index (χ3n) is 2.64. The van der Waals surface area contributed by atoms with Crippen molar-refractivity contribution >= 4 is 16.6 Å². The second-order valence-corrected chi connectivity index (χ2v) is 4.85. The molecule has 0 radical (unpaired) electrons. The molecule has 0 spiro atoms. The van der Waals surface area contributed by atoms with E-state index >= 15 is 0 Å². The van der Waals surface area contributed by atoms with Crippen LogP contribution in [-0.2, 0) is 0 Å². The Morgan fingerprint density at radius 2 is 2.25 bits per heavy atom. The van der Waals surface area contributed by atoms with Crippen LogP contribution in [0.25, 0.3) is 10.9 Å². The average molecular weight is 219 g/mol. The number of hydrogen-bond donors (Lipinski definition) is 3. The number of aromatic amines is 1. The molecule has 0 saturated heterocycles. The molecule has 0 saturated carbocycles. The second-order valence-electron chi connectivity index (χ2n) is 4.85. The number of anilines is 1. The lowest BCUT2D eigenvalue weighted by molar-refractivity contribution is 0.171. The quantitative estimate of drug-likeness (QED) is 0.737. The summed E-state index contributed by atoms with van der Waals surface area (Å²) >= 11 is 0. The van der Waals surface area contributed by atoms with Crippen LogP contribution in [0, 0.1) is 5.41 Å². The first-order chi connectivity index (χ1) is 7.61. The first-order valence-corrected chi connectivity index (χ1v) is 5.39. The van der Waals surface area contributed by atoms with Gasteiger partial charge in [0.05, 0.1) is 11.7 Å². The van der Waals surface area contributed by atoms with Gasteiger partial charge in [0.25, 0.3) is 0 Å². The highest BCUT2D eigenvalue weighted by Crippen LogP contribution is 2.19. The summed E-state index contributed by atoms with van der Waals surface area (Å²) in [6.07, 6.45) is 1.80. The summed E-state index contributed by atoms with van der Waals surface area (Å²) in [5.74, 6) is 0. The number of H-pyrrole nitrogens is 1. The normalized spacial score (nSPS) is 11.9. The van der Waals surface area contributed by atoms with Crippen LogP contribution in [0.15, 0.2) is 24.4 Å². The Hall–Kier alpha value is -1.55. The molecule has 0 aliphatic carbocycles. The van der Waals surface area contributed by atoms with Crippen LogP contribution in [0.2, 0.25) is 0 Å². The van der Waals surface area contributed by atoms with E-state index in [4.69, 9.17) is 5.11 Å². The van der Waals surface area contributed by atoms with E-state index in [9.17, 15) is 0 Å². The Morgan fingerprint density at radius 1 is 1.44 bits per heavy atom. The molecule has 0 fully saturated rings. The monoisotopic (exact) mass is 219 g/mol. The summed E-state index contributed by atoms with van der Waals surface area (Å²) in [6, 6.07) is 6.06. The van der Waals surface area contributed by atoms with Crippen molar-refractivity contribution in [3.05, 3.63) is 24.4 Å². The standard InChI is InChI=1S/C12H17N3O/c1-12(2,8-16)7-13-10-4-3-9-6-14-15-11(9)5-10/h3-6,13,16H,7-8H2,1-2H3,(H,14,15). The van der Waals surface area contributed by atoms with Crippen molar-refractivity contribution in [2.24, 2.45) is 5.41 Å². The summed E-state index contributed by atoms with van der Waals surface area (Å²) in [7, 11) is 0. The van der Waals surface area contributed by atoms with E-state index in [1.165, 1.54) is 0 Å². The SMILES string of the molecule is CC(C)(CO)CNc1ccc2cn[nH]c2c1. The van der Waals surface area contributed by atoms with E-state index < -0.39 is 0 Å². The number of nitrogens with one attached hydrogen (secondary N) is 2. The largest absolute Gasteiger partial charge is 0.396 e. The van der Waals surface area contributed by atoms with E-state index in [0.717, 1.165) is 23.1 Å². The van der Waals surface area contributed by atoms with E-state index in [0.29, 0.717) is 0 Å². The smallest absolute Gasteiger partial charge is 0.0670 e. The number of benzene rings is 1. The van der Waals surface area contributed by atoms with Gasteiger partial charge in [-0.1, -0.05) is 13.8 Å². The number of rotatable bonds is 4. The third kappa shape index (κ3) is 2.33. The molecule has 1 aromatic carbocycles. The number of aromatic nitrogens is 2. The fourth-order valence-electron chi connectivity index (χ4n) is 1.44. The van der Waals surface area contributed by atoms with Crippen LogP contribution in [0.4, 0.5) is 5.69 Å². The van der Waals surface area contributed by atoms with Crippen LogP contribution in [-0.4, -0.2) is 28.5 Å². The molecule has 3 N–H and O–H groups in total. The van der Waals surface area contributed by atoms with Crippen molar-refractivity contribution in [2.45, 2.75) is 13.8 Å². The van der Waals surface area contributed by atoms with E-state index in [-0.39, 0.29) is 12.0 Å². The molecule has 2 aromatic rings. The van der Waals surface area contributed by atoms with E-state index in [1.54, 1.807) is 6.20 Å². The molecule has 0 bridgehead atoms. The first-order valence-electron chi connectivity index (χ1n) is 5.39. The highest BCUT2D eigenvalue weighted by Gasteiger charge is 2.15. The van der Waals surface area contributed by atoms with Gasteiger partial charge >= 0.3 is 0 Å². The van der Waals surface area contributed by atoms with Crippen molar-refractivity contribution in [3.63, 3.8) is 0 Å². The van der Waals surface area contributed by atoms with Gasteiger partial charge in [0.15, 0.2) is 0 Å². The van der Waals surface area contributed by atoms with Crippen LogP contribution >= 0.6 is 0 Å². The molecule has 4 nitrogen and oxygen atoms in total. The Balaban J connectivity index is 2.09. The van der Waals surface area contributed by atoms with Crippen LogP contribution in [0.3, 0.4) is 0 Å². The maximum absolute atomic E-state index is 9.15. The predicted molar refractivity (Wildman–Crippen MR) is 65.5 cm³/mol. The van der Waals surface area contributed by atoms with Crippen molar-refractivity contribution in [1.82, 2.24) is 10.2 Å². The summed E-state index contributed by atoms with van der Waals surface area (Å²) in [4.78, 5) is 0. The Bertz CT molecular complexity index is 476. The number of aliphatic hydroxyl groups is 1. The van der Waals surface area contributed by atoms with Crippen LogP contribution in [0.1, 0.15) is 13.8 Å². The molecule has 0 aliphatic heterocycles. The fourth-order valence-corrected chi connectivity index (χ4v) is 1.44. The zero-order valence-electron chi connectivity index (χ0n) is 9.62. The molecular formula is C12H17N3O. The van der Waals surface area contributed by atoms with Gasteiger partial charge in [0.1, 0.15) is 0 Å². The molecule has 1 aromatic heterocycles. The van der Waals surface area contributed by atoms with Crippen molar-refractivity contribution in [2.75, 3.05) is 18.5 Å². The van der Waals surface area contributed by atoms with Crippen LogP contribution in [0.5, 0.6) is 0 Å². The average Bonchev–Trinajstić information content (AvgIpc) is 2.73. The zero-order valence-corrected chi connectivity index (χ0v) is 9.62. The van der Waals surface area contributed by atoms with Gasteiger partial charge in [-0.25, -0.2) is 0 Å². The Morgan fingerprint density at radius 3 is 3.00 bits per heavy atom. The zero-order chi connectivity index (χ0) is 11.6. The van der Waals surface area contributed by atoms with E-state index in [1.807, 2.05) is 32.0 Å². The minimum absolute atomic E-state index is 0.108. The summed E-state index contributed by atoms with van der Waals surface area (Å²) in [5.41, 5.74) is 1.95. The maximum Gasteiger partial charge on any atom is 0.0670 e. The molecule has 1 heterocycles. The van der Waals surface area contributed by atoms with Gasteiger partial charge in [-0.3, -0.25) is 5.10 Å². The molecule has 0 unspecified atom stereocenters. The van der Waals surface area contributed by atoms with Crippen molar-refractivity contribution < 1.29 is 5.11 Å². The van der Waals surface area contributed by atoms with Crippen molar-refractivity contribution in [1.29, 1.82) is 0 Å². The maximum atomic E-state index is 9.15. The Kier molecular flexibility index (Phi) is 2.83. The summed E-state index contributed by atoms with van der Waals surface area (Å²) in [5, 5.41) is 20.5. The number of fused-ring (bicyclic) bond motifs is 1. The fraction of sp³-hybridized carbons (Fsp3) is 0.417. The third-order valence-corrected chi connectivity index (χ3v) is 2.64. The number of hydrogen-bond acceptors (Lipinski definition) is 3. The molecule has 16 heavy (non-hydrogen) atoms. The topological polar surface area (TPSA) is 60.9 Å². The molecule has 0 amide bonds. The minimum Gasteiger partial charge on any atom is -0.396 e. The molecule has 0 atom stereocenters. The minimum atomic E-state index is -0.108. The Labute approximate surface area is 94.7 Å². The highest BCUT2D eigenvalue weighted by molar-refractivity contribution is 5.81.